The molecule has 8 aromatic rings. The molecule has 0 aliphatic rings. The quantitative estimate of drug-likeness (QED) is 0.170. The molecule has 0 saturated carbocycles. The molecule has 0 unspecified atom stereocenters. The molecule has 0 aliphatic carbocycles. The smallest absolute Gasteiger partial charge is 0.0441 e. The number of fused-ring (bicyclic) bond motifs is 4. The molecule has 52 heavy (non-hydrogen) atoms. The fraction of sp³-hybridized carbons (Fsp3) is 0.0800. The summed E-state index contributed by atoms with van der Waals surface area (Å²) in [5, 5.41) is 9.09. The minimum Gasteiger partial charge on any atom is -0.377 e. The molecular weight excluding hydrogens is 629 g/mol. The van der Waals surface area contributed by atoms with Crippen LogP contribution >= 0.6 is 0 Å². The topological polar surface area (TPSA) is 6.48 Å². The summed E-state index contributed by atoms with van der Waals surface area (Å²) in [5.41, 5.74) is 8.33. The van der Waals surface area contributed by atoms with Gasteiger partial charge in [-0.25, -0.2) is 0 Å². The van der Waals surface area contributed by atoms with Gasteiger partial charge in [0.25, 0.3) is 0 Å². The van der Waals surface area contributed by atoms with Gasteiger partial charge < -0.3 is 9.80 Å². The van der Waals surface area contributed by atoms with Crippen LogP contribution in [-0.4, -0.2) is 28.2 Å². The van der Waals surface area contributed by atoms with Gasteiger partial charge in [0.2, 0.25) is 0 Å². The molecule has 0 saturated heterocycles. The van der Waals surface area contributed by atoms with Crippen molar-refractivity contribution in [2.75, 3.05) is 38.0 Å². The maximum atomic E-state index is 3.51. The molecule has 0 aliphatic heterocycles. The Morgan fingerprint density at radius 2 is 0.442 bits per heavy atom. The average molecular weight is 665 g/mol. The fourth-order valence-electron chi connectivity index (χ4n) is 7.04. The van der Waals surface area contributed by atoms with Gasteiger partial charge in [0.15, 0.2) is 0 Å². The Balaban J connectivity index is 1.15. The summed E-state index contributed by atoms with van der Waals surface area (Å²) in [6.07, 6.45) is 0. The first kappa shape index (κ1) is 32.3. The van der Waals surface area contributed by atoms with E-state index in [1.807, 2.05) is 0 Å². The number of rotatable bonds is 2. The lowest BCUT2D eigenvalue weighted by Gasteiger charge is -2.15. The molecule has 0 N–H and O–H groups in total. The third-order valence-electron chi connectivity index (χ3n) is 9.60. The first-order valence-electron chi connectivity index (χ1n) is 17.4. The Kier molecular flexibility index (Phi) is 8.55. The molecule has 0 aromatic heterocycles. The van der Waals surface area contributed by atoms with Gasteiger partial charge in [0, 0.05) is 83.7 Å². The Morgan fingerprint density at radius 1 is 0.250 bits per heavy atom. The highest BCUT2D eigenvalue weighted by Crippen LogP contribution is 2.30. The second-order valence-corrected chi connectivity index (χ2v) is 13.3. The molecule has 0 radical (unpaired) electrons. The number of anilines is 2. The van der Waals surface area contributed by atoms with Gasteiger partial charge in [-0.1, -0.05) is 133 Å². The molecule has 8 aromatic carbocycles. The van der Waals surface area contributed by atoms with Crippen LogP contribution in [0.25, 0.3) is 43.1 Å². The SMILES string of the molecule is CN(C)c1cccc2c(C#Cc3cccc4c(C#Cc5cccc6c(C#Cc7cccc8c(N(C)C)cccc78)cccc56)cccc34)cccc12. The predicted molar refractivity (Wildman–Crippen MR) is 222 cm³/mol. The molecule has 246 valence electrons. The number of hydrogen-bond acceptors (Lipinski definition) is 2. The van der Waals surface area contributed by atoms with E-state index < -0.39 is 0 Å². The van der Waals surface area contributed by atoms with Gasteiger partial charge in [-0.3, -0.25) is 0 Å². The van der Waals surface area contributed by atoms with E-state index in [4.69, 9.17) is 0 Å². The van der Waals surface area contributed by atoms with E-state index in [0.29, 0.717) is 0 Å². The van der Waals surface area contributed by atoms with Crippen molar-refractivity contribution in [3.8, 4) is 35.5 Å². The predicted octanol–water partition coefficient (Wildman–Crippen LogP) is 10.6. The second kappa shape index (κ2) is 13.8. The molecule has 0 bridgehead atoms. The van der Waals surface area contributed by atoms with E-state index in [2.05, 4.69) is 219 Å². The Morgan fingerprint density at radius 3 is 0.673 bits per heavy atom. The summed E-state index contributed by atoms with van der Waals surface area (Å²) in [5.74, 6) is 21.0. The van der Waals surface area contributed by atoms with Crippen LogP contribution in [0.1, 0.15) is 33.4 Å². The number of benzene rings is 8. The Hall–Kier alpha value is -6.92. The lowest BCUT2D eigenvalue weighted by Crippen LogP contribution is -2.08. The van der Waals surface area contributed by atoms with Crippen LogP contribution in [0, 0.1) is 35.5 Å². The van der Waals surface area contributed by atoms with E-state index in [9.17, 15) is 0 Å². The monoisotopic (exact) mass is 664 g/mol. The summed E-state index contributed by atoms with van der Waals surface area (Å²) in [4.78, 5) is 4.29. The normalized spacial score (nSPS) is 10.6. The van der Waals surface area contributed by atoms with Crippen molar-refractivity contribution in [3.05, 3.63) is 179 Å². The summed E-state index contributed by atoms with van der Waals surface area (Å²) >= 11 is 0. The zero-order chi connectivity index (χ0) is 35.6. The fourth-order valence-corrected chi connectivity index (χ4v) is 7.04. The molecule has 0 spiro atoms. The molecular formula is C50H36N2. The van der Waals surface area contributed by atoms with Gasteiger partial charge in [-0.15, -0.1) is 0 Å². The summed E-state index contributed by atoms with van der Waals surface area (Å²) in [6.45, 7) is 0. The van der Waals surface area contributed by atoms with Crippen LogP contribution in [0.15, 0.2) is 146 Å². The van der Waals surface area contributed by atoms with Crippen LogP contribution in [0.4, 0.5) is 11.4 Å². The lowest BCUT2D eigenvalue weighted by molar-refractivity contribution is 1.14. The van der Waals surface area contributed by atoms with E-state index in [1.54, 1.807) is 0 Å². The maximum absolute atomic E-state index is 3.51. The largest absolute Gasteiger partial charge is 0.377 e. The first-order chi connectivity index (χ1) is 25.5. The van der Waals surface area contributed by atoms with Crippen molar-refractivity contribution in [2.24, 2.45) is 0 Å². The Bertz CT molecular complexity index is 2680. The summed E-state index contributed by atoms with van der Waals surface area (Å²) < 4.78 is 0. The molecule has 0 fully saturated rings. The van der Waals surface area contributed by atoms with Crippen molar-refractivity contribution in [1.29, 1.82) is 0 Å². The third-order valence-corrected chi connectivity index (χ3v) is 9.60. The van der Waals surface area contributed by atoms with Gasteiger partial charge in [-0.05, 0) is 80.8 Å². The van der Waals surface area contributed by atoms with Gasteiger partial charge in [-0.2, -0.15) is 0 Å². The van der Waals surface area contributed by atoms with Crippen molar-refractivity contribution < 1.29 is 0 Å². The second-order valence-electron chi connectivity index (χ2n) is 13.3. The highest BCUT2D eigenvalue weighted by molar-refractivity contribution is 6.00. The van der Waals surface area contributed by atoms with E-state index in [1.165, 1.54) is 22.1 Å². The summed E-state index contributed by atoms with van der Waals surface area (Å²) in [7, 11) is 8.30. The number of nitrogens with zero attached hydrogens (tertiary/aromatic N) is 2. The molecule has 0 amide bonds. The van der Waals surface area contributed by atoms with Gasteiger partial charge in [0.1, 0.15) is 0 Å². The molecule has 0 atom stereocenters. The highest BCUT2D eigenvalue weighted by atomic mass is 15.1. The van der Waals surface area contributed by atoms with Gasteiger partial charge in [0.05, 0.1) is 0 Å². The molecule has 8 rings (SSSR count). The molecule has 0 heterocycles. The molecule has 2 nitrogen and oxygen atoms in total. The van der Waals surface area contributed by atoms with Crippen LogP contribution in [0.5, 0.6) is 0 Å². The van der Waals surface area contributed by atoms with Crippen molar-refractivity contribution in [3.63, 3.8) is 0 Å². The first-order valence-corrected chi connectivity index (χ1v) is 17.4. The zero-order valence-electron chi connectivity index (χ0n) is 29.8. The molecule has 2 heteroatoms. The maximum Gasteiger partial charge on any atom is 0.0441 e. The van der Waals surface area contributed by atoms with Crippen molar-refractivity contribution in [1.82, 2.24) is 0 Å². The van der Waals surface area contributed by atoms with E-state index >= 15 is 0 Å². The van der Waals surface area contributed by atoms with Crippen LogP contribution in [0.2, 0.25) is 0 Å². The van der Waals surface area contributed by atoms with Crippen LogP contribution in [-0.2, 0) is 0 Å². The van der Waals surface area contributed by atoms with Crippen molar-refractivity contribution >= 4 is 54.5 Å². The third kappa shape index (κ3) is 6.07. The van der Waals surface area contributed by atoms with Crippen LogP contribution < -0.4 is 9.80 Å². The minimum atomic E-state index is 0.975. The van der Waals surface area contributed by atoms with E-state index in [0.717, 1.165) is 65.7 Å². The zero-order valence-corrected chi connectivity index (χ0v) is 29.8. The Labute approximate surface area is 305 Å². The van der Waals surface area contributed by atoms with Crippen molar-refractivity contribution in [2.45, 2.75) is 0 Å². The average Bonchev–Trinajstić information content (AvgIpc) is 3.17. The van der Waals surface area contributed by atoms with Crippen LogP contribution in [0.3, 0.4) is 0 Å². The number of hydrogen-bond donors (Lipinski definition) is 0. The van der Waals surface area contributed by atoms with Gasteiger partial charge >= 0.3 is 0 Å². The minimum absolute atomic E-state index is 0.975. The highest BCUT2D eigenvalue weighted by Gasteiger charge is 2.08. The standard InChI is InChI=1S/C50H36N2/c1-51(2)49-27-11-23-45-39(17-9-25-47(45)49)33-31-37-15-7-19-41-35(13-5-21-43(37)41)29-30-36-14-6-22-44-38(16-8-20-42(36)44)32-34-40-18-10-26-48-46(40)24-12-28-50(48)52(3)4/h5-28H,1-4H3. The summed E-state index contributed by atoms with van der Waals surface area (Å²) in [6, 6.07) is 50.7. The lowest BCUT2D eigenvalue weighted by atomic mass is 9.98. The van der Waals surface area contributed by atoms with E-state index in [-0.39, 0.29) is 0 Å².